The number of halogens is 3. The summed E-state index contributed by atoms with van der Waals surface area (Å²) < 4.78 is 13.3. The maximum absolute atomic E-state index is 12.2. The maximum Gasteiger partial charge on any atom is 0.271 e. The average Bonchev–Trinajstić information content (AvgIpc) is 2.75. The standard InChI is InChI=1S/C23H19ClI2N2O3/c1-2-30-19-9-5-17(6-10-19)23(29)28-27-13-16-11-20(25)22(21(26)12-16)31-14-15-3-7-18(24)8-4-15/h3-13H,2,14H2,1H3,(H,28,29)/b27-13-. The van der Waals surface area contributed by atoms with Crippen LogP contribution in [0.25, 0.3) is 0 Å². The SMILES string of the molecule is CCOc1ccc(C(=O)N/N=C\c2cc(I)c(OCc3ccc(Cl)cc3)c(I)c2)cc1. The number of carbonyl (C=O) groups is 1. The first-order valence-electron chi connectivity index (χ1n) is 9.39. The fourth-order valence-corrected chi connectivity index (χ4v) is 4.88. The number of nitrogens with zero attached hydrogens (tertiary/aromatic N) is 1. The molecule has 3 aromatic carbocycles. The van der Waals surface area contributed by atoms with Crippen molar-refractivity contribution >= 4 is 68.9 Å². The van der Waals surface area contributed by atoms with E-state index in [0.29, 0.717) is 23.8 Å². The lowest BCUT2D eigenvalue weighted by Gasteiger charge is -2.11. The van der Waals surface area contributed by atoms with Crippen molar-refractivity contribution in [3.05, 3.63) is 89.5 Å². The second-order valence-corrected chi connectivity index (χ2v) is 9.15. The quantitative estimate of drug-likeness (QED) is 0.176. The van der Waals surface area contributed by atoms with Crippen LogP contribution in [0.1, 0.15) is 28.4 Å². The van der Waals surface area contributed by atoms with Gasteiger partial charge in [0.2, 0.25) is 0 Å². The number of nitrogens with one attached hydrogen (secondary N) is 1. The van der Waals surface area contributed by atoms with Crippen molar-refractivity contribution in [1.29, 1.82) is 0 Å². The number of hydrogen-bond acceptors (Lipinski definition) is 4. The van der Waals surface area contributed by atoms with E-state index < -0.39 is 0 Å². The number of ether oxygens (including phenoxy) is 2. The molecule has 5 nitrogen and oxygen atoms in total. The molecule has 0 aliphatic heterocycles. The summed E-state index contributed by atoms with van der Waals surface area (Å²) in [5.74, 6) is 1.25. The van der Waals surface area contributed by atoms with Crippen molar-refractivity contribution in [2.24, 2.45) is 5.10 Å². The number of rotatable bonds is 8. The molecule has 31 heavy (non-hydrogen) atoms. The first-order chi connectivity index (χ1) is 15.0. The van der Waals surface area contributed by atoms with Gasteiger partial charge in [-0.1, -0.05) is 23.7 Å². The number of benzene rings is 3. The van der Waals surface area contributed by atoms with Gasteiger partial charge in [0.15, 0.2) is 0 Å². The highest BCUT2D eigenvalue weighted by Gasteiger charge is 2.09. The normalized spacial score (nSPS) is 10.8. The molecule has 3 aromatic rings. The molecule has 0 fully saturated rings. The first kappa shape index (κ1) is 23.8. The highest BCUT2D eigenvalue weighted by Crippen LogP contribution is 2.29. The molecule has 1 N–H and O–H groups in total. The number of carbonyl (C=O) groups excluding carboxylic acids is 1. The van der Waals surface area contributed by atoms with E-state index in [0.717, 1.165) is 29.8 Å². The smallest absolute Gasteiger partial charge is 0.271 e. The second kappa shape index (κ2) is 11.7. The fraction of sp³-hybridized carbons (Fsp3) is 0.130. The van der Waals surface area contributed by atoms with Crippen LogP contribution in [0.4, 0.5) is 0 Å². The van der Waals surface area contributed by atoms with Crippen molar-refractivity contribution < 1.29 is 14.3 Å². The van der Waals surface area contributed by atoms with E-state index in [1.54, 1.807) is 30.5 Å². The molecule has 1 amide bonds. The molecule has 3 rings (SSSR count). The summed E-state index contributed by atoms with van der Waals surface area (Å²) in [5, 5.41) is 4.77. The molecule has 0 bridgehead atoms. The van der Waals surface area contributed by atoms with Crippen LogP contribution in [0.2, 0.25) is 5.02 Å². The van der Waals surface area contributed by atoms with Crippen molar-refractivity contribution in [2.45, 2.75) is 13.5 Å². The minimum absolute atomic E-state index is 0.286. The fourth-order valence-electron chi connectivity index (χ4n) is 2.63. The molecule has 0 unspecified atom stereocenters. The van der Waals surface area contributed by atoms with Gasteiger partial charge in [0.25, 0.3) is 5.91 Å². The zero-order chi connectivity index (χ0) is 22.2. The lowest BCUT2D eigenvalue weighted by atomic mass is 10.2. The monoisotopic (exact) mass is 660 g/mol. The Hall–Kier alpha value is -1.85. The van der Waals surface area contributed by atoms with Crippen molar-refractivity contribution in [3.63, 3.8) is 0 Å². The molecule has 0 spiro atoms. The number of hydrazone groups is 1. The van der Waals surface area contributed by atoms with Gasteiger partial charge in [-0.2, -0.15) is 5.10 Å². The maximum atomic E-state index is 12.2. The Bertz CT molecular complexity index is 1050. The Balaban J connectivity index is 1.60. The molecule has 0 saturated heterocycles. The summed E-state index contributed by atoms with van der Waals surface area (Å²) in [6.07, 6.45) is 1.61. The molecule has 0 saturated carbocycles. The third-order valence-electron chi connectivity index (χ3n) is 4.12. The van der Waals surface area contributed by atoms with Gasteiger partial charge in [0.1, 0.15) is 18.1 Å². The van der Waals surface area contributed by atoms with E-state index >= 15 is 0 Å². The zero-order valence-corrected chi connectivity index (χ0v) is 21.6. The Morgan fingerprint density at radius 2 is 1.68 bits per heavy atom. The van der Waals surface area contributed by atoms with Crippen LogP contribution in [0.5, 0.6) is 11.5 Å². The molecule has 0 aliphatic carbocycles. The van der Waals surface area contributed by atoms with Crippen molar-refractivity contribution in [2.75, 3.05) is 6.61 Å². The second-order valence-electron chi connectivity index (χ2n) is 6.39. The van der Waals surface area contributed by atoms with Gasteiger partial charge in [0, 0.05) is 10.6 Å². The topological polar surface area (TPSA) is 59.9 Å². The van der Waals surface area contributed by atoms with Crippen LogP contribution >= 0.6 is 56.8 Å². The highest BCUT2D eigenvalue weighted by atomic mass is 127. The lowest BCUT2D eigenvalue weighted by Crippen LogP contribution is -2.17. The van der Waals surface area contributed by atoms with Crippen molar-refractivity contribution in [1.82, 2.24) is 5.43 Å². The molecular formula is C23H19ClI2N2O3. The van der Waals surface area contributed by atoms with Crippen molar-refractivity contribution in [3.8, 4) is 11.5 Å². The van der Waals surface area contributed by atoms with Gasteiger partial charge in [-0.25, -0.2) is 5.43 Å². The molecule has 8 heteroatoms. The predicted octanol–water partition coefficient (Wildman–Crippen LogP) is 6.29. The Kier molecular flexibility index (Phi) is 8.97. The van der Waals surface area contributed by atoms with Crippen LogP contribution in [0, 0.1) is 7.14 Å². The molecule has 0 radical (unpaired) electrons. The number of amides is 1. The summed E-state index contributed by atoms with van der Waals surface area (Å²) in [6.45, 7) is 2.95. The lowest BCUT2D eigenvalue weighted by molar-refractivity contribution is 0.0955. The molecule has 0 aliphatic rings. The average molecular weight is 661 g/mol. The van der Waals surface area contributed by atoms with Crippen LogP contribution in [-0.2, 0) is 6.61 Å². The number of hydrogen-bond donors (Lipinski definition) is 1. The van der Waals surface area contributed by atoms with Gasteiger partial charge in [-0.3, -0.25) is 4.79 Å². The molecule has 0 heterocycles. The van der Waals surface area contributed by atoms with Crippen LogP contribution < -0.4 is 14.9 Å². The Morgan fingerprint density at radius 3 is 2.29 bits per heavy atom. The van der Waals surface area contributed by atoms with Gasteiger partial charge >= 0.3 is 0 Å². The summed E-state index contributed by atoms with van der Waals surface area (Å²) in [6, 6.07) is 18.4. The van der Waals surface area contributed by atoms with Crippen LogP contribution in [0.15, 0.2) is 65.8 Å². The summed E-state index contributed by atoms with van der Waals surface area (Å²) in [7, 11) is 0. The molecule has 0 aromatic heterocycles. The zero-order valence-electron chi connectivity index (χ0n) is 16.6. The van der Waals surface area contributed by atoms with Gasteiger partial charge in [-0.15, -0.1) is 0 Å². The Morgan fingerprint density at radius 1 is 1.03 bits per heavy atom. The first-order valence-corrected chi connectivity index (χ1v) is 11.9. The third kappa shape index (κ3) is 7.08. The van der Waals surface area contributed by atoms with E-state index in [4.69, 9.17) is 21.1 Å². The van der Waals surface area contributed by atoms with Crippen LogP contribution in [0.3, 0.4) is 0 Å². The molecule has 0 atom stereocenters. The summed E-state index contributed by atoms with van der Waals surface area (Å²) >= 11 is 10.4. The van der Waals surface area contributed by atoms with E-state index in [2.05, 4.69) is 55.7 Å². The highest BCUT2D eigenvalue weighted by molar-refractivity contribution is 14.1. The van der Waals surface area contributed by atoms with E-state index in [-0.39, 0.29) is 5.91 Å². The Labute approximate surface area is 213 Å². The largest absolute Gasteiger partial charge is 0.494 e. The van der Waals surface area contributed by atoms with Gasteiger partial charge in [-0.05, 0) is 112 Å². The van der Waals surface area contributed by atoms with E-state index in [1.165, 1.54) is 0 Å². The molecular weight excluding hydrogens is 642 g/mol. The van der Waals surface area contributed by atoms with Gasteiger partial charge in [0.05, 0.1) is 20.0 Å². The summed E-state index contributed by atoms with van der Waals surface area (Å²) in [4.78, 5) is 12.2. The van der Waals surface area contributed by atoms with E-state index in [9.17, 15) is 4.79 Å². The molecule has 160 valence electrons. The third-order valence-corrected chi connectivity index (χ3v) is 5.98. The van der Waals surface area contributed by atoms with E-state index in [1.807, 2.05) is 43.3 Å². The minimum Gasteiger partial charge on any atom is -0.494 e. The van der Waals surface area contributed by atoms with Crippen LogP contribution in [-0.4, -0.2) is 18.7 Å². The van der Waals surface area contributed by atoms with Gasteiger partial charge < -0.3 is 9.47 Å². The predicted molar refractivity (Wildman–Crippen MR) is 140 cm³/mol. The minimum atomic E-state index is -0.286. The summed E-state index contributed by atoms with van der Waals surface area (Å²) in [5.41, 5.74) is 4.96.